The smallest absolute Gasteiger partial charge is 0.257 e. The van der Waals surface area contributed by atoms with Crippen molar-refractivity contribution in [2.24, 2.45) is 0 Å². The molecule has 0 aromatic carbocycles. The highest BCUT2D eigenvalue weighted by atomic mass is 16.5. The van der Waals surface area contributed by atoms with Gasteiger partial charge in [-0.25, -0.2) is 0 Å². The molecule has 1 aromatic heterocycles. The Hall–Kier alpha value is -1.82. The first-order chi connectivity index (χ1) is 10.1. The zero-order valence-electron chi connectivity index (χ0n) is 12.9. The average molecular weight is 296 g/mol. The van der Waals surface area contributed by atoms with Crippen LogP contribution in [0.5, 0.6) is 0 Å². The Morgan fingerprint density at radius 2 is 2.24 bits per heavy atom. The predicted octanol–water partition coefficient (Wildman–Crippen LogP) is 1.67. The summed E-state index contributed by atoms with van der Waals surface area (Å²) in [5.41, 5.74) is 0.509. The second-order valence-corrected chi connectivity index (χ2v) is 4.86. The number of rotatable bonds is 9. The van der Waals surface area contributed by atoms with Crippen LogP contribution in [0.3, 0.4) is 0 Å². The summed E-state index contributed by atoms with van der Waals surface area (Å²) in [7, 11) is 1.58. The van der Waals surface area contributed by atoms with Crippen molar-refractivity contribution in [3.63, 3.8) is 0 Å². The molecule has 0 fully saturated rings. The minimum atomic E-state index is -0.109. The number of nitrogens with one attached hydrogen (secondary N) is 1. The van der Waals surface area contributed by atoms with Crippen molar-refractivity contribution in [3.8, 4) is 0 Å². The molecule has 0 radical (unpaired) electrons. The lowest BCUT2D eigenvalue weighted by molar-refractivity contribution is -0.121. The minimum Gasteiger partial charge on any atom is -0.472 e. The number of amides is 2. The molecule has 21 heavy (non-hydrogen) atoms. The molecular formula is C15H24N2O4. The third-order valence-electron chi connectivity index (χ3n) is 3.36. The minimum absolute atomic E-state index is 0.0687. The SMILES string of the molecule is CCC(C)N(CCC(=O)NCCOC)C(=O)c1ccoc1. The highest BCUT2D eigenvalue weighted by Crippen LogP contribution is 2.12. The van der Waals surface area contributed by atoms with E-state index in [0.717, 1.165) is 6.42 Å². The van der Waals surface area contributed by atoms with E-state index in [2.05, 4.69) is 5.32 Å². The van der Waals surface area contributed by atoms with Gasteiger partial charge in [-0.05, 0) is 19.4 Å². The number of hydrogen-bond donors (Lipinski definition) is 1. The van der Waals surface area contributed by atoms with Gasteiger partial charge in [-0.3, -0.25) is 9.59 Å². The highest BCUT2D eigenvalue weighted by molar-refractivity contribution is 5.94. The lowest BCUT2D eigenvalue weighted by atomic mass is 10.1. The van der Waals surface area contributed by atoms with E-state index < -0.39 is 0 Å². The fourth-order valence-electron chi connectivity index (χ4n) is 1.90. The van der Waals surface area contributed by atoms with Crippen LogP contribution in [0.1, 0.15) is 37.0 Å². The van der Waals surface area contributed by atoms with E-state index >= 15 is 0 Å². The summed E-state index contributed by atoms with van der Waals surface area (Å²) in [6.07, 6.45) is 4.00. The Labute approximate surface area is 125 Å². The van der Waals surface area contributed by atoms with Gasteiger partial charge >= 0.3 is 0 Å². The van der Waals surface area contributed by atoms with Crippen molar-refractivity contribution in [1.29, 1.82) is 0 Å². The highest BCUT2D eigenvalue weighted by Gasteiger charge is 2.21. The summed E-state index contributed by atoms with van der Waals surface area (Å²) >= 11 is 0. The summed E-state index contributed by atoms with van der Waals surface area (Å²) < 4.78 is 9.82. The van der Waals surface area contributed by atoms with Crippen LogP contribution in [0.2, 0.25) is 0 Å². The van der Waals surface area contributed by atoms with Crippen LogP contribution in [-0.4, -0.2) is 49.6 Å². The molecule has 0 aliphatic carbocycles. The zero-order valence-corrected chi connectivity index (χ0v) is 12.9. The third-order valence-corrected chi connectivity index (χ3v) is 3.36. The van der Waals surface area contributed by atoms with Crippen molar-refractivity contribution < 1.29 is 18.7 Å². The van der Waals surface area contributed by atoms with Crippen LogP contribution in [-0.2, 0) is 9.53 Å². The van der Waals surface area contributed by atoms with Gasteiger partial charge in [0.05, 0.1) is 18.4 Å². The predicted molar refractivity (Wildman–Crippen MR) is 79.0 cm³/mol. The van der Waals surface area contributed by atoms with E-state index in [1.807, 2.05) is 13.8 Å². The second kappa shape index (κ2) is 9.18. The third kappa shape index (κ3) is 5.59. The van der Waals surface area contributed by atoms with Gasteiger partial charge in [0, 0.05) is 32.7 Å². The normalized spacial score (nSPS) is 12.0. The summed E-state index contributed by atoms with van der Waals surface area (Å²) in [6, 6.07) is 1.70. The number of hydrogen-bond acceptors (Lipinski definition) is 4. The molecule has 1 aromatic rings. The van der Waals surface area contributed by atoms with E-state index in [4.69, 9.17) is 9.15 Å². The Morgan fingerprint density at radius 1 is 1.48 bits per heavy atom. The molecule has 1 unspecified atom stereocenters. The quantitative estimate of drug-likeness (QED) is 0.704. The van der Waals surface area contributed by atoms with Crippen LogP contribution >= 0.6 is 0 Å². The van der Waals surface area contributed by atoms with Gasteiger partial charge in [0.25, 0.3) is 5.91 Å². The summed E-state index contributed by atoms with van der Waals surface area (Å²) in [5.74, 6) is -0.192. The van der Waals surface area contributed by atoms with Crippen LogP contribution in [0.25, 0.3) is 0 Å². The van der Waals surface area contributed by atoms with Gasteiger partial charge in [-0.2, -0.15) is 0 Å². The fourth-order valence-corrected chi connectivity index (χ4v) is 1.90. The first-order valence-corrected chi connectivity index (χ1v) is 7.19. The molecule has 1 atom stereocenters. The number of carbonyl (C=O) groups is 2. The van der Waals surface area contributed by atoms with E-state index in [-0.39, 0.29) is 24.3 Å². The van der Waals surface area contributed by atoms with Gasteiger partial charge in [0.15, 0.2) is 0 Å². The maximum absolute atomic E-state index is 12.4. The van der Waals surface area contributed by atoms with E-state index in [1.165, 1.54) is 12.5 Å². The maximum Gasteiger partial charge on any atom is 0.257 e. The van der Waals surface area contributed by atoms with Crippen LogP contribution in [0.15, 0.2) is 23.0 Å². The van der Waals surface area contributed by atoms with Crippen LogP contribution in [0, 0.1) is 0 Å². The van der Waals surface area contributed by atoms with Gasteiger partial charge < -0.3 is 19.4 Å². The first-order valence-electron chi connectivity index (χ1n) is 7.19. The zero-order chi connectivity index (χ0) is 15.7. The molecule has 6 nitrogen and oxygen atoms in total. The van der Waals surface area contributed by atoms with Crippen molar-refractivity contribution in [1.82, 2.24) is 10.2 Å². The Morgan fingerprint density at radius 3 is 2.81 bits per heavy atom. The number of carbonyl (C=O) groups excluding carboxylic acids is 2. The molecule has 1 rings (SSSR count). The molecule has 0 spiro atoms. The molecule has 6 heteroatoms. The molecule has 1 N–H and O–H groups in total. The van der Waals surface area contributed by atoms with Gasteiger partial charge in [-0.1, -0.05) is 6.92 Å². The topological polar surface area (TPSA) is 71.8 Å². The maximum atomic E-state index is 12.4. The van der Waals surface area contributed by atoms with Crippen LogP contribution < -0.4 is 5.32 Å². The van der Waals surface area contributed by atoms with Gasteiger partial charge in [-0.15, -0.1) is 0 Å². The summed E-state index contributed by atoms with van der Waals surface area (Å²) in [6.45, 7) is 5.33. The lowest BCUT2D eigenvalue weighted by Crippen LogP contribution is -2.41. The molecule has 0 saturated carbocycles. The number of ether oxygens (including phenoxy) is 1. The van der Waals surface area contributed by atoms with Crippen molar-refractivity contribution in [2.75, 3.05) is 26.8 Å². The molecular weight excluding hydrogens is 272 g/mol. The molecule has 0 bridgehead atoms. The molecule has 2 amide bonds. The molecule has 0 aliphatic heterocycles. The monoisotopic (exact) mass is 296 g/mol. The van der Waals surface area contributed by atoms with Crippen molar-refractivity contribution in [3.05, 3.63) is 24.2 Å². The fraction of sp³-hybridized carbons (Fsp3) is 0.600. The Bertz CT molecular complexity index is 431. The average Bonchev–Trinajstić information content (AvgIpc) is 3.01. The number of methoxy groups -OCH3 is 1. The van der Waals surface area contributed by atoms with Gasteiger partial charge in [0.1, 0.15) is 6.26 Å². The number of furan rings is 1. The van der Waals surface area contributed by atoms with Crippen molar-refractivity contribution >= 4 is 11.8 Å². The second-order valence-electron chi connectivity index (χ2n) is 4.86. The Kier molecular flexibility index (Phi) is 7.53. The standard InChI is InChI=1S/C15H24N2O4/c1-4-12(2)17(15(19)13-6-9-21-11-13)8-5-14(18)16-7-10-20-3/h6,9,11-12H,4-5,7-8,10H2,1-3H3,(H,16,18). The lowest BCUT2D eigenvalue weighted by Gasteiger charge is -2.28. The number of nitrogens with zero attached hydrogens (tertiary/aromatic N) is 1. The molecule has 0 saturated heterocycles. The van der Waals surface area contributed by atoms with E-state index in [0.29, 0.717) is 25.3 Å². The van der Waals surface area contributed by atoms with Crippen molar-refractivity contribution in [2.45, 2.75) is 32.7 Å². The molecule has 0 aliphatic rings. The largest absolute Gasteiger partial charge is 0.472 e. The summed E-state index contributed by atoms with van der Waals surface area (Å²) in [5, 5.41) is 2.75. The summed E-state index contributed by atoms with van der Waals surface area (Å²) in [4.78, 5) is 25.8. The molecule has 1 heterocycles. The Balaban J connectivity index is 2.55. The molecule has 118 valence electrons. The van der Waals surface area contributed by atoms with Crippen LogP contribution in [0.4, 0.5) is 0 Å². The van der Waals surface area contributed by atoms with E-state index in [1.54, 1.807) is 18.1 Å². The van der Waals surface area contributed by atoms with Gasteiger partial charge in [0.2, 0.25) is 5.91 Å². The van der Waals surface area contributed by atoms with E-state index in [9.17, 15) is 9.59 Å². The first kappa shape index (κ1) is 17.2.